The predicted octanol–water partition coefficient (Wildman–Crippen LogP) is 3.79. The standard InChI is InChI=1S/C16H8Cl3N3O5/c17-7-3-11(18)14(12(19)4-7)20-13(23)6-21-15(24)9-2-1-8(22(26)27)5-10(9)16(21)25/h1-5H,6H2,(H,20,23). The SMILES string of the molecule is O=C(CN1C(=O)c2ccc([N+](=O)[O-])cc2C1=O)Nc1c(Cl)cc(Cl)cc1Cl. The van der Waals surface area contributed by atoms with E-state index in [0.717, 1.165) is 12.1 Å². The first-order chi connectivity index (χ1) is 12.7. The molecular weight excluding hydrogens is 421 g/mol. The van der Waals surface area contributed by atoms with Crippen molar-refractivity contribution in [1.29, 1.82) is 0 Å². The molecule has 0 radical (unpaired) electrons. The number of hydrogen-bond donors (Lipinski definition) is 1. The normalized spacial score (nSPS) is 12.9. The van der Waals surface area contributed by atoms with Gasteiger partial charge in [0, 0.05) is 17.2 Å². The number of rotatable bonds is 4. The van der Waals surface area contributed by atoms with Gasteiger partial charge in [-0.25, -0.2) is 0 Å². The second-order valence-corrected chi connectivity index (χ2v) is 6.73. The lowest BCUT2D eigenvalue weighted by molar-refractivity contribution is -0.384. The summed E-state index contributed by atoms with van der Waals surface area (Å²) >= 11 is 17.7. The summed E-state index contributed by atoms with van der Waals surface area (Å²) in [6.07, 6.45) is 0. The number of imide groups is 1. The number of nitrogens with zero attached hydrogens (tertiary/aromatic N) is 2. The maximum Gasteiger partial charge on any atom is 0.270 e. The van der Waals surface area contributed by atoms with E-state index < -0.39 is 29.2 Å². The van der Waals surface area contributed by atoms with Crippen LogP contribution in [-0.4, -0.2) is 34.1 Å². The second-order valence-electron chi connectivity index (χ2n) is 5.48. The van der Waals surface area contributed by atoms with Gasteiger partial charge in [-0.1, -0.05) is 34.8 Å². The van der Waals surface area contributed by atoms with E-state index in [2.05, 4.69) is 5.32 Å². The third-order valence-corrected chi connectivity index (χ3v) is 4.55. The predicted molar refractivity (Wildman–Crippen MR) is 98.6 cm³/mol. The molecule has 0 bridgehead atoms. The van der Waals surface area contributed by atoms with Crippen molar-refractivity contribution in [2.24, 2.45) is 0 Å². The molecule has 0 fully saturated rings. The highest BCUT2D eigenvalue weighted by Crippen LogP contribution is 2.34. The van der Waals surface area contributed by atoms with Crippen LogP contribution in [0.5, 0.6) is 0 Å². The molecule has 0 spiro atoms. The van der Waals surface area contributed by atoms with Crippen LogP contribution in [0.15, 0.2) is 30.3 Å². The van der Waals surface area contributed by atoms with Gasteiger partial charge in [0.15, 0.2) is 0 Å². The highest BCUT2D eigenvalue weighted by atomic mass is 35.5. The van der Waals surface area contributed by atoms with E-state index in [1.807, 2.05) is 0 Å². The molecular formula is C16H8Cl3N3O5. The molecule has 0 saturated carbocycles. The van der Waals surface area contributed by atoms with Gasteiger partial charge in [0.25, 0.3) is 17.5 Å². The minimum Gasteiger partial charge on any atom is -0.322 e. The molecule has 0 saturated heterocycles. The van der Waals surface area contributed by atoms with Crippen molar-refractivity contribution in [1.82, 2.24) is 4.90 Å². The van der Waals surface area contributed by atoms with Crippen molar-refractivity contribution in [3.8, 4) is 0 Å². The van der Waals surface area contributed by atoms with Gasteiger partial charge in [-0.2, -0.15) is 0 Å². The van der Waals surface area contributed by atoms with E-state index in [4.69, 9.17) is 34.8 Å². The fourth-order valence-electron chi connectivity index (χ4n) is 2.52. The Bertz CT molecular complexity index is 1000. The highest BCUT2D eigenvalue weighted by molar-refractivity contribution is 6.42. The van der Waals surface area contributed by atoms with Gasteiger partial charge in [-0.15, -0.1) is 0 Å². The molecule has 11 heteroatoms. The lowest BCUT2D eigenvalue weighted by atomic mass is 10.1. The molecule has 8 nitrogen and oxygen atoms in total. The molecule has 27 heavy (non-hydrogen) atoms. The number of carbonyl (C=O) groups excluding carboxylic acids is 3. The summed E-state index contributed by atoms with van der Waals surface area (Å²) in [5.41, 5.74) is -0.397. The number of nitrogens with one attached hydrogen (secondary N) is 1. The minimum absolute atomic E-state index is 0.0130. The van der Waals surface area contributed by atoms with Gasteiger partial charge >= 0.3 is 0 Å². The number of non-ortho nitro benzene ring substituents is 1. The molecule has 138 valence electrons. The Morgan fingerprint density at radius 1 is 1.04 bits per heavy atom. The van der Waals surface area contributed by atoms with Crippen molar-refractivity contribution in [3.05, 3.63) is 66.6 Å². The summed E-state index contributed by atoms with van der Waals surface area (Å²) in [6.45, 7) is -0.616. The van der Waals surface area contributed by atoms with Crippen molar-refractivity contribution < 1.29 is 19.3 Å². The zero-order valence-electron chi connectivity index (χ0n) is 13.2. The number of fused-ring (bicyclic) bond motifs is 1. The topological polar surface area (TPSA) is 110 Å². The largest absolute Gasteiger partial charge is 0.322 e. The number of halogens is 3. The maximum atomic E-state index is 12.4. The van der Waals surface area contributed by atoms with E-state index in [-0.39, 0.29) is 37.6 Å². The number of nitro groups is 1. The third-order valence-electron chi connectivity index (χ3n) is 3.74. The zero-order valence-corrected chi connectivity index (χ0v) is 15.4. The summed E-state index contributed by atoms with van der Waals surface area (Å²) in [5.74, 6) is -2.26. The highest BCUT2D eigenvalue weighted by Gasteiger charge is 2.37. The molecule has 1 aliphatic rings. The molecule has 1 aliphatic heterocycles. The molecule has 0 aliphatic carbocycles. The molecule has 2 aromatic rings. The van der Waals surface area contributed by atoms with E-state index in [1.54, 1.807) is 0 Å². The van der Waals surface area contributed by atoms with Crippen molar-refractivity contribution in [2.45, 2.75) is 0 Å². The first-order valence-corrected chi connectivity index (χ1v) is 8.41. The number of benzene rings is 2. The van der Waals surface area contributed by atoms with E-state index in [0.29, 0.717) is 4.90 Å². The Morgan fingerprint density at radius 3 is 2.22 bits per heavy atom. The fraction of sp³-hybridized carbons (Fsp3) is 0.0625. The van der Waals surface area contributed by atoms with E-state index in [9.17, 15) is 24.5 Å². The van der Waals surface area contributed by atoms with Crippen LogP contribution in [0.3, 0.4) is 0 Å². The summed E-state index contributed by atoms with van der Waals surface area (Å²) < 4.78 is 0. The second kappa shape index (κ2) is 7.15. The van der Waals surface area contributed by atoms with Crippen LogP contribution in [0.25, 0.3) is 0 Å². The van der Waals surface area contributed by atoms with Gasteiger partial charge in [0.1, 0.15) is 6.54 Å². The minimum atomic E-state index is -0.804. The van der Waals surface area contributed by atoms with Gasteiger partial charge < -0.3 is 5.32 Å². The number of hydrogen-bond acceptors (Lipinski definition) is 5. The molecule has 3 rings (SSSR count). The van der Waals surface area contributed by atoms with Crippen LogP contribution in [-0.2, 0) is 4.79 Å². The molecule has 0 unspecified atom stereocenters. The first kappa shape index (κ1) is 19.1. The number of anilines is 1. The van der Waals surface area contributed by atoms with Crippen LogP contribution in [0.2, 0.25) is 15.1 Å². The van der Waals surface area contributed by atoms with Crippen LogP contribution >= 0.6 is 34.8 Å². The Morgan fingerprint density at radius 2 is 1.63 bits per heavy atom. The van der Waals surface area contributed by atoms with Gasteiger partial charge in [0.05, 0.1) is 31.8 Å². The Kier molecular flexibility index (Phi) is 5.05. The lowest BCUT2D eigenvalue weighted by Gasteiger charge is -2.15. The van der Waals surface area contributed by atoms with Gasteiger partial charge in [0.2, 0.25) is 5.91 Å². The number of carbonyl (C=O) groups is 3. The van der Waals surface area contributed by atoms with Crippen molar-refractivity contribution in [2.75, 3.05) is 11.9 Å². The van der Waals surface area contributed by atoms with E-state index >= 15 is 0 Å². The third kappa shape index (κ3) is 3.59. The molecule has 1 heterocycles. The Hall–Kier alpha value is -2.68. The quantitative estimate of drug-likeness (QED) is 0.452. The first-order valence-electron chi connectivity index (χ1n) is 7.28. The molecule has 2 aromatic carbocycles. The van der Waals surface area contributed by atoms with Crippen molar-refractivity contribution >= 4 is 63.9 Å². The maximum absolute atomic E-state index is 12.4. The Labute approximate surface area is 166 Å². The summed E-state index contributed by atoms with van der Waals surface area (Å²) in [6, 6.07) is 6.03. The lowest BCUT2D eigenvalue weighted by Crippen LogP contribution is -2.37. The molecule has 1 N–H and O–H groups in total. The smallest absolute Gasteiger partial charge is 0.270 e. The zero-order chi connectivity index (χ0) is 19.9. The number of nitro benzene ring substituents is 1. The van der Waals surface area contributed by atoms with Crippen LogP contribution in [0, 0.1) is 10.1 Å². The van der Waals surface area contributed by atoms with E-state index in [1.165, 1.54) is 18.2 Å². The monoisotopic (exact) mass is 427 g/mol. The number of amides is 3. The average Bonchev–Trinajstić information content (AvgIpc) is 2.82. The molecule has 3 amide bonds. The molecule has 0 atom stereocenters. The molecule has 0 aromatic heterocycles. The fourth-order valence-corrected chi connectivity index (χ4v) is 3.43. The summed E-state index contributed by atoms with van der Waals surface area (Å²) in [5, 5.41) is 13.7. The van der Waals surface area contributed by atoms with Crippen LogP contribution < -0.4 is 5.32 Å². The van der Waals surface area contributed by atoms with Gasteiger partial charge in [-0.05, 0) is 18.2 Å². The van der Waals surface area contributed by atoms with Crippen molar-refractivity contribution in [3.63, 3.8) is 0 Å². The van der Waals surface area contributed by atoms with Crippen LogP contribution in [0.1, 0.15) is 20.7 Å². The average molecular weight is 429 g/mol. The Balaban J connectivity index is 1.80. The summed E-state index contributed by atoms with van der Waals surface area (Å²) in [7, 11) is 0. The van der Waals surface area contributed by atoms with Crippen LogP contribution in [0.4, 0.5) is 11.4 Å². The summed E-state index contributed by atoms with van der Waals surface area (Å²) in [4.78, 5) is 47.8. The van der Waals surface area contributed by atoms with Gasteiger partial charge in [-0.3, -0.25) is 29.4 Å².